The predicted octanol–water partition coefficient (Wildman–Crippen LogP) is 6.80. The summed E-state index contributed by atoms with van der Waals surface area (Å²) in [7, 11) is -0.286. The van der Waals surface area contributed by atoms with Crippen molar-refractivity contribution in [2.45, 2.75) is 41.1 Å². The van der Waals surface area contributed by atoms with E-state index in [1.54, 1.807) is 18.2 Å². The van der Waals surface area contributed by atoms with Crippen molar-refractivity contribution in [3.8, 4) is 5.75 Å². The van der Waals surface area contributed by atoms with Crippen LogP contribution >= 0.6 is 0 Å². The van der Waals surface area contributed by atoms with Gasteiger partial charge in [0.05, 0.1) is 16.5 Å². The Morgan fingerprint density at radius 3 is 1.77 bits per heavy atom. The lowest BCUT2D eigenvalue weighted by Crippen LogP contribution is -2.25. The van der Waals surface area contributed by atoms with E-state index in [1.165, 1.54) is 16.7 Å². The van der Waals surface area contributed by atoms with Crippen LogP contribution in [0.15, 0.2) is 124 Å². The summed E-state index contributed by atoms with van der Waals surface area (Å²) in [6, 6.07) is 35.4. The van der Waals surface area contributed by atoms with Gasteiger partial charge in [-0.15, -0.1) is 0 Å². The summed E-state index contributed by atoms with van der Waals surface area (Å²) in [4.78, 5) is 27.8. The summed E-state index contributed by atoms with van der Waals surface area (Å²) in [5, 5.41) is 0. The van der Waals surface area contributed by atoms with Gasteiger partial charge < -0.3 is 9.47 Å². The largest absolute Gasteiger partial charge is 0.451 e. The lowest BCUT2D eigenvalue weighted by molar-refractivity contribution is -0.131. The molecule has 0 aliphatic rings. The molecule has 0 fully saturated rings. The third-order valence-electron chi connectivity index (χ3n) is 5.42. The maximum atomic E-state index is 13.0. The number of ether oxygens (including phenoxy) is 2. The molecule has 0 N–H and O–H groups in total. The van der Waals surface area contributed by atoms with Crippen molar-refractivity contribution in [2.24, 2.45) is 0 Å². The van der Waals surface area contributed by atoms with Crippen LogP contribution in [0.5, 0.6) is 5.75 Å². The highest BCUT2D eigenvalue weighted by atomic mass is 32.2. The van der Waals surface area contributed by atoms with Gasteiger partial charge in [-0.1, -0.05) is 48.5 Å². The van der Waals surface area contributed by atoms with Crippen LogP contribution in [0.4, 0.5) is 0 Å². The molecule has 4 rings (SSSR count). The fourth-order valence-corrected chi connectivity index (χ4v) is 5.78. The van der Waals surface area contributed by atoms with Crippen molar-refractivity contribution in [3.63, 3.8) is 0 Å². The van der Waals surface area contributed by atoms with Gasteiger partial charge in [0, 0.05) is 6.92 Å². The standard InChI is InChI=1S/C30H27O4S/c1-22(31)33-25-12-10-11-24(21-25)30(2,3)34-29(32)23-17-19-28(20-18-23)35(26-13-6-4-7-14-26)27-15-8-5-9-16-27/h4-21H,1-3H3/q+1. The summed E-state index contributed by atoms with van der Waals surface area (Å²) in [5.74, 6) is -0.405. The molecule has 0 aliphatic heterocycles. The Kier molecular flexibility index (Phi) is 7.37. The zero-order chi connectivity index (χ0) is 24.8. The Balaban J connectivity index is 1.56. The molecule has 0 radical (unpaired) electrons. The summed E-state index contributed by atoms with van der Waals surface area (Å²) in [6.07, 6.45) is 0. The van der Waals surface area contributed by atoms with E-state index in [9.17, 15) is 9.59 Å². The van der Waals surface area contributed by atoms with Gasteiger partial charge in [-0.25, -0.2) is 4.79 Å². The average molecular weight is 484 g/mol. The Morgan fingerprint density at radius 1 is 0.686 bits per heavy atom. The van der Waals surface area contributed by atoms with Crippen LogP contribution in [0.1, 0.15) is 36.7 Å². The first-order chi connectivity index (χ1) is 16.8. The summed E-state index contributed by atoms with van der Waals surface area (Å²) >= 11 is 0. The van der Waals surface area contributed by atoms with Crippen LogP contribution in [-0.4, -0.2) is 11.9 Å². The van der Waals surface area contributed by atoms with Crippen molar-refractivity contribution in [1.29, 1.82) is 0 Å². The Morgan fingerprint density at radius 2 is 1.23 bits per heavy atom. The second kappa shape index (κ2) is 10.6. The first-order valence-electron chi connectivity index (χ1n) is 11.3. The first kappa shape index (κ1) is 24.3. The van der Waals surface area contributed by atoms with Crippen LogP contribution < -0.4 is 4.74 Å². The van der Waals surface area contributed by atoms with E-state index in [-0.39, 0.29) is 10.9 Å². The highest BCUT2D eigenvalue weighted by Crippen LogP contribution is 2.32. The molecule has 0 saturated heterocycles. The average Bonchev–Trinajstić information content (AvgIpc) is 2.85. The van der Waals surface area contributed by atoms with Gasteiger partial charge in [0.2, 0.25) is 0 Å². The predicted molar refractivity (Wildman–Crippen MR) is 138 cm³/mol. The van der Waals surface area contributed by atoms with E-state index in [1.807, 2.05) is 80.6 Å². The molecule has 5 heteroatoms. The Labute approximate surface area is 208 Å². The molecule has 0 saturated carbocycles. The number of hydrogen-bond acceptors (Lipinski definition) is 4. The first-order valence-corrected chi connectivity index (χ1v) is 12.5. The van der Waals surface area contributed by atoms with Crippen LogP contribution in [0.25, 0.3) is 0 Å². The van der Waals surface area contributed by atoms with Gasteiger partial charge in [0.1, 0.15) is 11.4 Å². The third-order valence-corrected chi connectivity index (χ3v) is 7.65. The van der Waals surface area contributed by atoms with Gasteiger partial charge in [-0.05, 0) is 80.1 Å². The minimum absolute atomic E-state index is 0.286. The number of rotatable bonds is 7. The van der Waals surface area contributed by atoms with Crippen LogP contribution in [-0.2, 0) is 26.0 Å². The lowest BCUT2D eigenvalue weighted by atomic mass is 9.97. The SMILES string of the molecule is CC(=O)Oc1cccc(C(C)(C)OC(=O)c2ccc([S+](c3ccccc3)c3ccccc3)cc2)c1. The van der Waals surface area contributed by atoms with E-state index >= 15 is 0 Å². The Bertz CT molecular complexity index is 1260. The maximum absolute atomic E-state index is 13.0. The van der Waals surface area contributed by atoms with E-state index in [4.69, 9.17) is 9.47 Å². The van der Waals surface area contributed by atoms with Crippen molar-refractivity contribution < 1.29 is 19.1 Å². The number of benzene rings is 4. The van der Waals surface area contributed by atoms with Gasteiger partial charge >= 0.3 is 11.9 Å². The molecule has 4 aromatic rings. The lowest BCUT2D eigenvalue weighted by Gasteiger charge is -2.26. The molecule has 0 unspecified atom stereocenters. The highest BCUT2D eigenvalue weighted by molar-refractivity contribution is 7.97. The molecule has 0 spiro atoms. The van der Waals surface area contributed by atoms with Crippen molar-refractivity contribution in [3.05, 3.63) is 120 Å². The molecular weight excluding hydrogens is 456 g/mol. The minimum atomic E-state index is -0.912. The Hall–Kier alpha value is -3.83. The summed E-state index contributed by atoms with van der Waals surface area (Å²) in [6.45, 7) is 4.98. The van der Waals surface area contributed by atoms with E-state index < -0.39 is 17.5 Å². The van der Waals surface area contributed by atoms with Gasteiger partial charge in [-0.3, -0.25) is 4.79 Å². The topological polar surface area (TPSA) is 52.6 Å². The number of esters is 2. The number of hydrogen-bond donors (Lipinski definition) is 0. The van der Waals surface area contributed by atoms with Crippen LogP contribution in [0.2, 0.25) is 0 Å². The molecule has 4 nitrogen and oxygen atoms in total. The van der Waals surface area contributed by atoms with Gasteiger partial charge in [0.15, 0.2) is 14.7 Å². The molecule has 0 amide bonds. The smallest absolute Gasteiger partial charge is 0.338 e. The van der Waals surface area contributed by atoms with E-state index in [0.717, 1.165) is 10.5 Å². The highest BCUT2D eigenvalue weighted by Gasteiger charge is 2.30. The molecule has 0 heterocycles. The van der Waals surface area contributed by atoms with Gasteiger partial charge in [-0.2, -0.15) is 0 Å². The normalized spacial score (nSPS) is 11.2. The second-order valence-electron chi connectivity index (χ2n) is 8.48. The van der Waals surface area contributed by atoms with Crippen molar-refractivity contribution in [2.75, 3.05) is 0 Å². The molecule has 0 bridgehead atoms. The molecule has 35 heavy (non-hydrogen) atoms. The number of carbonyl (C=O) groups excluding carboxylic acids is 2. The summed E-state index contributed by atoms with van der Waals surface area (Å²) in [5.41, 5.74) is 0.295. The molecule has 176 valence electrons. The maximum Gasteiger partial charge on any atom is 0.338 e. The monoisotopic (exact) mass is 483 g/mol. The zero-order valence-corrected chi connectivity index (χ0v) is 20.8. The van der Waals surface area contributed by atoms with E-state index in [2.05, 4.69) is 24.3 Å². The van der Waals surface area contributed by atoms with Crippen LogP contribution in [0, 0.1) is 0 Å². The number of carbonyl (C=O) groups is 2. The second-order valence-corrected chi connectivity index (χ2v) is 10.5. The molecule has 0 atom stereocenters. The quantitative estimate of drug-likeness (QED) is 0.165. The zero-order valence-electron chi connectivity index (χ0n) is 19.9. The van der Waals surface area contributed by atoms with Crippen molar-refractivity contribution >= 4 is 22.8 Å². The van der Waals surface area contributed by atoms with Crippen LogP contribution in [0.3, 0.4) is 0 Å². The molecule has 0 aliphatic carbocycles. The summed E-state index contributed by atoms with van der Waals surface area (Å²) < 4.78 is 11.0. The third kappa shape index (κ3) is 6.00. The fourth-order valence-electron chi connectivity index (χ4n) is 3.70. The van der Waals surface area contributed by atoms with Gasteiger partial charge in [0.25, 0.3) is 0 Å². The van der Waals surface area contributed by atoms with E-state index in [0.29, 0.717) is 11.3 Å². The molecular formula is C30H27O4S+. The molecule has 4 aromatic carbocycles. The van der Waals surface area contributed by atoms with Crippen molar-refractivity contribution in [1.82, 2.24) is 0 Å². The minimum Gasteiger partial charge on any atom is -0.451 e. The molecule has 0 aromatic heterocycles. The fraction of sp³-hybridized carbons (Fsp3) is 0.133.